The number of likely N-dealkylation sites (tertiary alicyclic amines) is 2. The second-order valence-corrected chi connectivity index (χ2v) is 6.85. The average Bonchev–Trinajstić information content (AvgIpc) is 2.94. The van der Waals surface area contributed by atoms with Gasteiger partial charge in [-0.1, -0.05) is 0 Å². The minimum Gasteiger partial charge on any atom is -0.341 e. The molecule has 3 heterocycles. The highest BCUT2D eigenvalue weighted by Gasteiger charge is 2.39. The van der Waals surface area contributed by atoms with Crippen LogP contribution in [-0.4, -0.2) is 47.3 Å². The van der Waals surface area contributed by atoms with Crippen molar-refractivity contribution < 1.29 is 9.59 Å². The van der Waals surface area contributed by atoms with E-state index >= 15 is 0 Å². The predicted octanol–water partition coefficient (Wildman–Crippen LogP) is 2.29. The number of carbonyl (C=O) groups excluding carboxylic acids is 2. The molecule has 4 nitrogen and oxygen atoms in total. The van der Waals surface area contributed by atoms with Crippen LogP contribution in [0.25, 0.3) is 0 Å². The standard InChI is InChI=1S/C16H22N2O2S/c1-17-13-5-3-8-18(14(13)4-2-6-15(17)19)16(20)10-12-7-9-21-11-12/h7,9,11,13-14H,2-6,8,10H2,1H3/t13-,14-/m1/s1. The van der Waals surface area contributed by atoms with Crippen LogP contribution in [0.5, 0.6) is 0 Å². The Bertz CT molecular complexity index is 514. The molecule has 114 valence electrons. The molecule has 2 amide bonds. The minimum absolute atomic E-state index is 0.208. The molecule has 2 atom stereocenters. The van der Waals surface area contributed by atoms with Crippen LogP contribution >= 0.6 is 11.3 Å². The highest BCUT2D eigenvalue weighted by Crippen LogP contribution is 2.29. The summed E-state index contributed by atoms with van der Waals surface area (Å²) in [6.45, 7) is 0.839. The molecule has 0 unspecified atom stereocenters. The fourth-order valence-electron chi connectivity index (χ4n) is 3.64. The lowest BCUT2D eigenvalue weighted by atomic mass is 9.92. The molecule has 21 heavy (non-hydrogen) atoms. The molecule has 0 saturated carbocycles. The third kappa shape index (κ3) is 2.98. The summed E-state index contributed by atoms with van der Waals surface area (Å²) in [5.74, 6) is 0.445. The maximum absolute atomic E-state index is 12.6. The third-order valence-corrected chi connectivity index (χ3v) is 5.51. The SMILES string of the molecule is CN1C(=O)CCC[C@@H]2[C@H]1CCCN2C(=O)Cc1ccsc1. The molecule has 0 aromatic carbocycles. The molecule has 1 aromatic heterocycles. The number of hydrogen-bond acceptors (Lipinski definition) is 3. The Kier molecular flexibility index (Phi) is 4.29. The highest BCUT2D eigenvalue weighted by atomic mass is 32.1. The molecular formula is C16H22N2O2S. The van der Waals surface area contributed by atoms with Crippen molar-refractivity contribution >= 4 is 23.2 Å². The summed E-state index contributed by atoms with van der Waals surface area (Å²) >= 11 is 1.63. The van der Waals surface area contributed by atoms with Crippen molar-refractivity contribution in [3.63, 3.8) is 0 Å². The zero-order valence-electron chi connectivity index (χ0n) is 12.5. The molecule has 0 radical (unpaired) electrons. The fourth-order valence-corrected chi connectivity index (χ4v) is 4.31. The number of fused-ring (bicyclic) bond motifs is 1. The lowest BCUT2D eigenvalue weighted by Crippen LogP contribution is -2.56. The largest absolute Gasteiger partial charge is 0.341 e. The summed E-state index contributed by atoms with van der Waals surface area (Å²) in [5.41, 5.74) is 1.10. The Balaban J connectivity index is 1.75. The second-order valence-electron chi connectivity index (χ2n) is 6.07. The Morgan fingerprint density at radius 1 is 1.33 bits per heavy atom. The number of likely N-dealkylation sites (N-methyl/N-ethyl adjacent to an activating group) is 1. The molecule has 0 spiro atoms. The lowest BCUT2D eigenvalue weighted by molar-refractivity contribution is -0.140. The van der Waals surface area contributed by atoms with E-state index in [0.717, 1.165) is 37.8 Å². The van der Waals surface area contributed by atoms with Gasteiger partial charge in [0.25, 0.3) is 0 Å². The summed E-state index contributed by atoms with van der Waals surface area (Å²) < 4.78 is 0. The van der Waals surface area contributed by atoms with E-state index in [1.165, 1.54) is 0 Å². The third-order valence-electron chi connectivity index (χ3n) is 4.78. The van der Waals surface area contributed by atoms with E-state index in [2.05, 4.69) is 0 Å². The smallest absolute Gasteiger partial charge is 0.227 e. The Morgan fingerprint density at radius 3 is 2.90 bits per heavy atom. The quantitative estimate of drug-likeness (QED) is 0.841. The van der Waals surface area contributed by atoms with Crippen LogP contribution < -0.4 is 0 Å². The minimum atomic E-state index is 0.208. The van der Waals surface area contributed by atoms with Gasteiger partial charge in [0.1, 0.15) is 0 Å². The first kappa shape index (κ1) is 14.6. The number of piperidine rings is 1. The van der Waals surface area contributed by atoms with Crippen LogP contribution in [0.1, 0.15) is 37.7 Å². The Hall–Kier alpha value is -1.36. The molecule has 0 bridgehead atoms. The van der Waals surface area contributed by atoms with E-state index in [1.807, 2.05) is 33.7 Å². The summed E-state index contributed by atoms with van der Waals surface area (Å²) in [4.78, 5) is 28.6. The molecule has 2 saturated heterocycles. The van der Waals surface area contributed by atoms with Crippen molar-refractivity contribution in [1.82, 2.24) is 9.80 Å². The van der Waals surface area contributed by atoms with Crippen LogP contribution in [0, 0.1) is 0 Å². The van der Waals surface area contributed by atoms with Gasteiger partial charge in [0.2, 0.25) is 11.8 Å². The summed E-state index contributed by atoms with van der Waals surface area (Å²) in [6, 6.07) is 2.44. The second kappa shape index (κ2) is 6.18. The van der Waals surface area contributed by atoms with Crippen molar-refractivity contribution in [2.75, 3.05) is 13.6 Å². The van der Waals surface area contributed by atoms with Crippen LogP contribution in [0.15, 0.2) is 16.8 Å². The van der Waals surface area contributed by atoms with Crippen LogP contribution in [0.3, 0.4) is 0 Å². The lowest BCUT2D eigenvalue weighted by Gasteiger charge is -2.43. The first-order chi connectivity index (χ1) is 10.2. The van der Waals surface area contributed by atoms with Gasteiger partial charge in [-0.05, 0) is 48.1 Å². The zero-order chi connectivity index (χ0) is 14.8. The van der Waals surface area contributed by atoms with Crippen LogP contribution in [-0.2, 0) is 16.0 Å². The van der Waals surface area contributed by atoms with Crippen molar-refractivity contribution in [2.24, 2.45) is 0 Å². The number of thiophene rings is 1. The van der Waals surface area contributed by atoms with Gasteiger partial charge in [-0.25, -0.2) is 0 Å². The summed E-state index contributed by atoms with van der Waals surface area (Å²) in [5, 5.41) is 4.06. The zero-order valence-corrected chi connectivity index (χ0v) is 13.3. The Labute approximate surface area is 129 Å². The van der Waals surface area contributed by atoms with Gasteiger partial charge in [-0.3, -0.25) is 9.59 Å². The van der Waals surface area contributed by atoms with Gasteiger partial charge in [-0.15, -0.1) is 0 Å². The van der Waals surface area contributed by atoms with Gasteiger partial charge >= 0.3 is 0 Å². The molecule has 0 N–H and O–H groups in total. The highest BCUT2D eigenvalue weighted by molar-refractivity contribution is 7.07. The topological polar surface area (TPSA) is 40.6 Å². The van der Waals surface area contributed by atoms with E-state index in [0.29, 0.717) is 12.8 Å². The molecule has 1 aromatic rings. The number of amides is 2. The first-order valence-corrected chi connectivity index (χ1v) is 8.67. The molecule has 0 aliphatic carbocycles. The van der Waals surface area contributed by atoms with Gasteiger partial charge in [0.15, 0.2) is 0 Å². The number of rotatable bonds is 2. The molecule has 2 aliphatic heterocycles. The fraction of sp³-hybridized carbons (Fsp3) is 0.625. The van der Waals surface area contributed by atoms with Gasteiger partial charge in [0.05, 0.1) is 18.5 Å². The van der Waals surface area contributed by atoms with Gasteiger partial charge in [-0.2, -0.15) is 11.3 Å². The van der Waals surface area contributed by atoms with Gasteiger partial charge < -0.3 is 9.80 Å². The first-order valence-electron chi connectivity index (χ1n) is 7.73. The van der Waals surface area contributed by atoms with Crippen molar-refractivity contribution in [3.05, 3.63) is 22.4 Å². The normalized spacial score (nSPS) is 26.4. The number of hydrogen-bond donors (Lipinski definition) is 0. The monoisotopic (exact) mass is 306 g/mol. The molecular weight excluding hydrogens is 284 g/mol. The van der Waals surface area contributed by atoms with E-state index in [4.69, 9.17) is 0 Å². The van der Waals surface area contributed by atoms with Crippen molar-refractivity contribution in [1.29, 1.82) is 0 Å². The van der Waals surface area contributed by atoms with Crippen molar-refractivity contribution in [3.8, 4) is 0 Å². The maximum atomic E-state index is 12.6. The maximum Gasteiger partial charge on any atom is 0.227 e. The van der Waals surface area contributed by atoms with E-state index in [-0.39, 0.29) is 23.9 Å². The molecule has 2 fully saturated rings. The summed E-state index contributed by atoms with van der Waals surface area (Å²) in [7, 11) is 1.90. The van der Waals surface area contributed by atoms with E-state index in [9.17, 15) is 9.59 Å². The van der Waals surface area contributed by atoms with Crippen molar-refractivity contribution in [2.45, 2.75) is 50.6 Å². The van der Waals surface area contributed by atoms with E-state index < -0.39 is 0 Å². The van der Waals surface area contributed by atoms with Crippen LogP contribution in [0.2, 0.25) is 0 Å². The average molecular weight is 306 g/mol. The molecule has 2 aliphatic rings. The summed E-state index contributed by atoms with van der Waals surface area (Å²) in [6.07, 6.45) is 4.98. The van der Waals surface area contributed by atoms with Crippen LogP contribution in [0.4, 0.5) is 0 Å². The van der Waals surface area contributed by atoms with Gasteiger partial charge in [0, 0.05) is 20.0 Å². The molecule has 3 rings (SSSR count). The predicted molar refractivity (Wildman–Crippen MR) is 83.2 cm³/mol. The molecule has 5 heteroatoms. The Morgan fingerprint density at radius 2 is 2.14 bits per heavy atom. The van der Waals surface area contributed by atoms with E-state index in [1.54, 1.807) is 11.3 Å². The number of carbonyl (C=O) groups is 2. The number of nitrogens with zero attached hydrogens (tertiary/aromatic N) is 2.